The van der Waals surface area contributed by atoms with Crippen molar-refractivity contribution in [3.05, 3.63) is 35.4 Å². The van der Waals surface area contributed by atoms with Gasteiger partial charge in [-0.15, -0.1) is 0 Å². The number of benzene rings is 1. The minimum Gasteiger partial charge on any atom is -0.478 e. The molecule has 0 aromatic heterocycles. The van der Waals surface area contributed by atoms with Gasteiger partial charge in [-0.3, -0.25) is 0 Å². The van der Waals surface area contributed by atoms with Crippen LogP contribution in [0.15, 0.2) is 29.4 Å². The third-order valence-corrected chi connectivity index (χ3v) is 2.40. The van der Waals surface area contributed by atoms with Crippen molar-refractivity contribution in [3.8, 4) is 0 Å². The Morgan fingerprint density at radius 2 is 2.12 bits per heavy atom. The molecule has 1 heterocycles. The minimum atomic E-state index is -0.954. The van der Waals surface area contributed by atoms with Gasteiger partial charge in [-0.25, -0.2) is 4.79 Å². The fraction of sp³-hybridized carbons (Fsp3) is 0.273. The number of hydrogen-bond acceptors (Lipinski definition) is 4. The van der Waals surface area contributed by atoms with Crippen LogP contribution in [0.2, 0.25) is 0 Å². The van der Waals surface area contributed by atoms with Gasteiger partial charge < -0.3 is 15.1 Å². The van der Waals surface area contributed by atoms with Gasteiger partial charge in [0.2, 0.25) is 0 Å². The topological polar surface area (TPSA) is 79.1 Å². The molecule has 0 saturated heterocycles. The summed E-state index contributed by atoms with van der Waals surface area (Å²) >= 11 is 0. The number of aliphatic hydroxyl groups is 1. The van der Waals surface area contributed by atoms with Crippen LogP contribution in [0.3, 0.4) is 0 Å². The summed E-state index contributed by atoms with van der Waals surface area (Å²) in [4.78, 5) is 15.6. The van der Waals surface area contributed by atoms with E-state index in [1.54, 1.807) is 12.1 Å². The molecule has 0 fully saturated rings. The molecule has 0 radical (unpaired) electrons. The second-order valence-electron chi connectivity index (χ2n) is 3.53. The number of carboxylic acid groups (broad SMARTS) is 1. The number of aliphatic hydroxyl groups excluding tert-OH is 1. The van der Waals surface area contributed by atoms with Gasteiger partial charge in [0.05, 0.1) is 17.9 Å². The lowest BCUT2D eigenvalue weighted by atomic mass is 10.0. The Bertz CT molecular complexity index is 424. The SMILES string of the molecule is O=C(O)c1ccc(C2=NOC(CO)C2)cc1. The molecule has 1 unspecified atom stereocenters. The van der Waals surface area contributed by atoms with Gasteiger partial charge in [0.1, 0.15) is 0 Å². The third-order valence-electron chi connectivity index (χ3n) is 2.40. The Kier molecular flexibility index (Phi) is 2.87. The van der Waals surface area contributed by atoms with E-state index in [4.69, 9.17) is 15.1 Å². The summed E-state index contributed by atoms with van der Waals surface area (Å²) in [5.41, 5.74) is 1.79. The van der Waals surface area contributed by atoms with Crippen LogP contribution in [-0.2, 0) is 4.84 Å². The molecular weight excluding hydrogens is 210 g/mol. The molecule has 2 rings (SSSR count). The van der Waals surface area contributed by atoms with Crippen LogP contribution >= 0.6 is 0 Å². The molecule has 5 heteroatoms. The molecule has 0 spiro atoms. The molecule has 16 heavy (non-hydrogen) atoms. The highest BCUT2D eigenvalue weighted by Crippen LogP contribution is 2.16. The number of nitrogens with zero attached hydrogens (tertiary/aromatic N) is 1. The molecule has 2 N–H and O–H groups in total. The first kappa shape index (κ1) is 10.6. The Labute approximate surface area is 92.0 Å². The molecule has 0 aliphatic carbocycles. The third kappa shape index (κ3) is 2.04. The maximum absolute atomic E-state index is 10.6. The summed E-state index contributed by atoms with van der Waals surface area (Å²) in [6.07, 6.45) is 0.261. The predicted molar refractivity (Wildman–Crippen MR) is 56.5 cm³/mol. The zero-order valence-electron chi connectivity index (χ0n) is 8.46. The summed E-state index contributed by atoms with van der Waals surface area (Å²) in [7, 11) is 0. The molecule has 0 bridgehead atoms. The molecule has 1 aliphatic rings. The second kappa shape index (κ2) is 4.32. The highest BCUT2D eigenvalue weighted by atomic mass is 16.6. The van der Waals surface area contributed by atoms with Crippen LogP contribution in [0.4, 0.5) is 0 Å². The average molecular weight is 221 g/mol. The first-order valence-corrected chi connectivity index (χ1v) is 4.88. The summed E-state index contributed by atoms with van der Waals surface area (Å²) < 4.78 is 0. The van der Waals surface area contributed by atoms with Gasteiger partial charge >= 0.3 is 5.97 Å². The zero-order valence-corrected chi connectivity index (χ0v) is 8.46. The fourth-order valence-electron chi connectivity index (χ4n) is 1.50. The molecule has 1 aliphatic heterocycles. The maximum Gasteiger partial charge on any atom is 0.335 e. The van der Waals surface area contributed by atoms with Gasteiger partial charge in [-0.1, -0.05) is 17.3 Å². The number of hydrogen-bond donors (Lipinski definition) is 2. The Balaban J connectivity index is 2.14. The van der Waals surface area contributed by atoms with E-state index in [1.807, 2.05) is 0 Å². The van der Waals surface area contributed by atoms with Crippen molar-refractivity contribution < 1.29 is 19.8 Å². The quantitative estimate of drug-likeness (QED) is 0.793. The zero-order chi connectivity index (χ0) is 11.5. The van der Waals surface area contributed by atoms with E-state index in [1.165, 1.54) is 12.1 Å². The van der Waals surface area contributed by atoms with Crippen molar-refractivity contribution in [2.45, 2.75) is 12.5 Å². The first-order valence-electron chi connectivity index (χ1n) is 4.88. The number of carbonyl (C=O) groups is 1. The van der Waals surface area contributed by atoms with E-state index in [2.05, 4.69) is 5.16 Å². The summed E-state index contributed by atoms with van der Waals surface area (Å²) in [5, 5.41) is 21.4. The molecule has 5 nitrogen and oxygen atoms in total. The van der Waals surface area contributed by atoms with Crippen LogP contribution in [0, 0.1) is 0 Å². The van der Waals surface area contributed by atoms with Crippen molar-refractivity contribution in [2.75, 3.05) is 6.61 Å². The van der Waals surface area contributed by atoms with Crippen LogP contribution in [-0.4, -0.2) is 34.6 Å². The highest BCUT2D eigenvalue weighted by molar-refractivity contribution is 6.01. The van der Waals surface area contributed by atoms with E-state index in [9.17, 15) is 4.79 Å². The van der Waals surface area contributed by atoms with Gasteiger partial charge in [0, 0.05) is 6.42 Å². The fourth-order valence-corrected chi connectivity index (χ4v) is 1.50. The standard InChI is InChI=1S/C11H11NO4/c13-6-9-5-10(12-16-9)7-1-3-8(4-2-7)11(14)15/h1-4,9,13H,5-6H2,(H,14,15). The van der Waals surface area contributed by atoms with Crippen LogP contribution in [0.25, 0.3) is 0 Å². The summed E-state index contributed by atoms with van der Waals surface area (Å²) in [6, 6.07) is 6.41. The number of oxime groups is 1. The molecule has 1 aromatic carbocycles. The van der Waals surface area contributed by atoms with Crippen molar-refractivity contribution >= 4 is 11.7 Å². The lowest BCUT2D eigenvalue weighted by Crippen LogP contribution is -2.12. The maximum atomic E-state index is 10.6. The van der Waals surface area contributed by atoms with Crippen molar-refractivity contribution in [1.29, 1.82) is 0 Å². The Hall–Kier alpha value is -1.88. The molecular formula is C11H11NO4. The Morgan fingerprint density at radius 1 is 1.44 bits per heavy atom. The van der Waals surface area contributed by atoms with Gasteiger partial charge in [-0.2, -0.15) is 0 Å². The van der Waals surface area contributed by atoms with E-state index < -0.39 is 5.97 Å². The van der Waals surface area contributed by atoms with Crippen molar-refractivity contribution in [2.24, 2.45) is 5.16 Å². The lowest BCUT2D eigenvalue weighted by molar-refractivity contribution is 0.0390. The highest BCUT2D eigenvalue weighted by Gasteiger charge is 2.21. The summed E-state index contributed by atoms with van der Waals surface area (Å²) in [5.74, 6) is -0.954. The molecule has 84 valence electrons. The number of rotatable bonds is 3. The van der Waals surface area contributed by atoms with Crippen LogP contribution in [0.5, 0.6) is 0 Å². The molecule has 0 amide bonds. The van der Waals surface area contributed by atoms with Gasteiger partial charge in [0.15, 0.2) is 6.10 Å². The average Bonchev–Trinajstić information content (AvgIpc) is 2.77. The number of aromatic carboxylic acids is 1. The van der Waals surface area contributed by atoms with Crippen LogP contribution in [0.1, 0.15) is 22.3 Å². The van der Waals surface area contributed by atoms with E-state index >= 15 is 0 Å². The monoisotopic (exact) mass is 221 g/mol. The van der Waals surface area contributed by atoms with Gasteiger partial charge in [-0.05, 0) is 17.7 Å². The first-order chi connectivity index (χ1) is 7.70. The minimum absolute atomic E-state index is 0.0692. The van der Waals surface area contributed by atoms with Crippen molar-refractivity contribution in [3.63, 3.8) is 0 Å². The lowest BCUT2D eigenvalue weighted by Gasteiger charge is -2.02. The van der Waals surface area contributed by atoms with Gasteiger partial charge in [0.25, 0.3) is 0 Å². The molecule has 1 aromatic rings. The largest absolute Gasteiger partial charge is 0.478 e. The van der Waals surface area contributed by atoms with Crippen LogP contribution < -0.4 is 0 Å². The molecule has 0 saturated carbocycles. The van der Waals surface area contributed by atoms with E-state index in [0.29, 0.717) is 6.42 Å². The number of carboxylic acids is 1. The normalized spacial score (nSPS) is 19.1. The second-order valence-corrected chi connectivity index (χ2v) is 3.53. The van der Waals surface area contributed by atoms with Crippen molar-refractivity contribution in [1.82, 2.24) is 0 Å². The van der Waals surface area contributed by atoms with E-state index in [-0.39, 0.29) is 18.3 Å². The molecule has 1 atom stereocenters. The van der Waals surface area contributed by atoms with E-state index in [0.717, 1.165) is 11.3 Å². The Morgan fingerprint density at radius 3 is 2.62 bits per heavy atom. The predicted octanol–water partition coefficient (Wildman–Crippen LogP) is 0.870. The smallest absolute Gasteiger partial charge is 0.335 e. The summed E-state index contributed by atoms with van der Waals surface area (Å²) in [6.45, 7) is -0.0692.